The van der Waals surface area contributed by atoms with E-state index in [0.29, 0.717) is 23.5 Å². The van der Waals surface area contributed by atoms with Crippen molar-refractivity contribution in [3.8, 4) is 0 Å². The van der Waals surface area contributed by atoms with Crippen LogP contribution < -0.4 is 10.6 Å². The highest BCUT2D eigenvalue weighted by Gasteiger charge is 2.66. The lowest BCUT2D eigenvalue weighted by molar-refractivity contribution is -0.171. The number of nitrogens with one attached hydrogen (secondary N) is 2. The number of hydrogen-bond donors (Lipinski definition) is 2. The van der Waals surface area contributed by atoms with Crippen LogP contribution in [-0.2, 0) is 4.74 Å². The second-order valence-corrected chi connectivity index (χ2v) is 7.13. The van der Waals surface area contributed by atoms with Gasteiger partial charge in [0, 0.05) is 37.6 Å². The van der Waals surface area contributed by atoms with Crippen LogP contribution in [0.3, 0.4) is 0 Å². The monoisotopic (exact) mass is 407 g/mol. The van der Waals surface area contributed by atoms with Crippen molar-refractivity contribution >= 4 is 29.9 Å². The average molecular weight is 407 g/mol. The number of hydrogen-bond acceptors (Lipinski definition) is 2. The number of guanidine groups is 1. The van der Waals surface area contributed by atoms with Crippen molar-refractivity contribution in [2.24, 2.45) is 22.2 Å². The second kappa shape index (κ2) is 7.02. The van der Waals surface area contributed by atoms with Crippen molar-refractivity contribution in [1.29, 1.82) is 0 Å². The number of rotatable bonds is 4. The van der Waals surface area contributed by atoms with Crippen LogP contribution in [0.1, 0.15) is 46.0 Å². The predicted octanol–water partition coefficient (Wildman–Crippen LogP) is 2.77. The molecule has 0 amide bonds. The van der Waals surface area contributed by atoms with Crippen LogP contribution in [0.5, 0.6) is 0 Å². The van der Waals surface area contributed by atoms with Gasteiger partial charge in [0.2, 0.25) is 0 Å². The van der Waals surface area contributed by atoms with E-state index in [1.807, 2.05) is 7.05 Å². The van der Waals surface area contributed by atoms with E-state index in [1.165, 1.54) is 32.1 Å². The first-order chi connectivity index (χ1) is 9.67. The SMILES string of the molecule is CN=C(NCCC(C)C)NC1C2CCOC2C12CCC2.I. The Bertz CT molecular complexity index is 382. The first-order valence-corrected chi connectivity index (χ1v) is 8.26. The molecule has 2 saturated carbocycles. The van der Waals surface area contributed by atoms with Crippen molar-refractivity contribution < 1.29 is 4.74 Å². The van der Waals surface area contributed by atoms with Gasteiger partial charge in [-0.05, 0) is 31.6 Å². The lowest BCUT2D eigenvalue weighted by atomic mass is 9.46. The minimum absolute atomic E-state index is 0. The zero-order valence-corrected chi connectivity index (χ0v) is 15.9. The number of fused-ring (bicyclic) bond motifs is 2. The number of aliphatic imine (C=N–C) groups is 1. The summed E-state index contributed by atoms with van der Waals surface area (Å²) in [5.41, 5.74) is 0.427. The van der Waals surface area contributed by atoms with E-state index in [1.54, 1.807) is 0 Å². The minimum Gasteiger partial charge on any atom is -0.377 e. The molecule has 0 aromatic carbocycles. The summed E-state index contributed by atoms with van der Waals surface area (Å²) in [4.78, 5) is 4.40. The van der Waals surface area contributed by atoms with Crippen molar-refractivity contribution in [2.45, 2.75) is 58.1 Å². The number of halogens is 1. The smallest absolute Gasteiger partial charge is 0.191 e. The predicted molar refractivity (Wildman–Crippen MR) is 97.3 cm³/mol. The molecule has 3 aliphatic rings. The molecule has 2 aliphatic carbocycles. The molecular formula is C16H30IN3O. The van der Waals surface area contributed by atoms with Crippen LogP contribution in [0, 0.1) is 17.3 Å². The molecule has 0 aromatic heterocycles. The van der Waals surface area contributed by atoms with Gasteiger partial charge in [-0.25, -0.2) is 0 Å². The molecule has 3 fully saturated rings. The van der Waals surface area contributed by atoms with Gasteiger partial charge in [-0.15, -0.1) is 24.0 Å². The van der Waals surface area contributed by atoms with E-state index >= 15 is 0 Å². The van der Waals surface area contributed by atoms with Gasteiger partial charge >= 0.3 is 0 Å². The first-order valence-electron chi connectivity index (χ1n) is 8.26. The maximum Gasteiger partial charge on any atom is 0.191 e. The Morgan fingerprint density at radius 1 is 1.38 bits per heavy atom. The quantitative estimate of drug-likeness (QED) is 0.428. The largest absolute Gasteiger partial charge is 0.377 e. The summed E-state index contributed by atoms with van der Waals surface area (Å²) < 4.78 is 5.97. The summed E-state index contributed by atoms with van der Waals surface area (Å²) in [5, 5.41) is 7.16. The standard InChI is InChI=1S/C16H29N3O.HI/c1-11(2)5-9-18-15(17-3)19-13-12-6-10-20-14(12)16(13)7-4-8-16;/h11-14H,4-10H2,1-3H3,(H2,17,18,19);1H. The van der Waals surface area contributed by atoms with Gasteiger partial charge in [-0.2, -0.15) is 0 Å². The summed E-state index contributed by atoms with van der Waals surface area (Å²) in [5.74, 6) is 2.42. The molecule has 1 heterocycles. The molecule has 0 bridgehead atoms. The van der Waals surface area contributed by atoms with E-state index < -0.39 is 0 Å². The highest BCUT2D eigenvalue weighted by Crippen LogP contribution is 2.62. The fraction of sp³-hybridized carbons (Fsp3) is 0.938. The topological polar surface area (TPSA) is 45.7 Å². The molecule has 3 rings (SSSR count). The third-order valence-electron chi connectivity index (χ3n) is 5.57. The summed E-state index contributed by atoms with van der Waals surface area (Å²) in [6, 6.07) is 0.578. The molecule has 21 heavy (non-hydrogen) atoms. The Hall–Kier alpha value is -0.0400. The van der Waals surface area contributed by atoms with Gasteiger partial charge in [0.1, 0.15) is 0 Å². The Kier molecular flexibility index (Phi) is 5.79. The van der Waals surface area contributed by atoms with Gasteiger partial charge in [-0.3, -0.25) is 4.99 Å². The Morgan fingerprint density at radius 2 is 2.14 bits per heavy atom. The summed E-state index contributed by atoms with van der Waals surface area (Å²) in [6.07, 6.45) is 6.95. The average Bonchev–Trinajstić information content (AvgIpc) is 2.76. The third kappa shape index (κ3) is 3.05. The summed E-state index contributed by atoms with van der Waals surface area (Å²) in [6.45, 7) is 6.47. The molecule has 2 N–H and O–H groups in total. The molecule has 1 spiro atoms. The number of nitrogens with zero attached hydrogens (tertiary/aromatic N) is 1. The maximum atomic E-state index is 5.97. The highest BCUT2D eigenvalue weighted by molar-refractivity contribution is 14.0. The van der Waals surface area contributed by atoms with Crippen molar-refractivity contribution in [3.05, 3.63) is 0 Å². The van der Waals surface area contributed by atoms with Crippen LogP contribution in [-0.4, -0.2) is 38.3 Å². The third-order valence-corrected chi connectivity index (χ3v) is 5.57. The van der Waals surface area contributed by atoms with Crippen molar-refractivity contribution in [1.82, 2.24) is 10.6 Å². The van der Waals surface area contributed by atoms with Gasteiger partial charge in [0.25, 0.3) is 0 Å². The van der Waals surface area contributed by atoms with Gasteiger partial charge in [-0.1, -0.05) is 20.3 Å². The fourth-order valence-electron chi connectivity index (χ4n) is 4.28. The normalized spacial score (nSPS) is 33.0. The minimum atomic E-state index is 0. The molecule has 5 heteroatoms. The van der Waals surface area contributed by atoms with E-state index in [9.17, 15) is 0 Å². The first kappa shape index (κ1) is 17.3. The Morgan fingerprint density at radius 3 is 2.71 bits per heavy atom. The molecule has 3 atom stereocenters. The van der Waals surface area contributed by atoms with Crippen LogP contribution >= 0.6 is 24.0 Å². The second-order valence-electron chi connectivity index (χ2n) is 7.13. The van der Waals surface area contributed by atoms with Crippen LogP contribution in [0.2, 0.25) is 0 Å². The van der Waals surface area contributed by atoms with Gasteiger partial charge in [0.05, 0.1) is 6.10 Å². The Balaban J connectivity index is 0.00000161. The molecule has 4 nitrogen and oxygen atoms in total. The lowest BCUT2D eigenvalue weighted by Gasteiger charge is -2.63. The summed E-state index contributed by atoms with van der Waals surface area (Å²) in [7, 11) is 1.87. The lowest BCUT2D eigenvalue weighted by Crippen LogP contribution is -2.72. The zero-order valence-electron chi connectivity index (χ0n) is 13.5. The molecule has 0 aromatic rings. The van der Waals surface area contributed by atoms with E-state index in [4.69, 9.17) is 4.74 Å². The maximum absolute atomic E-state index is 5.97. The number of ether oxygens (including phenoxy) is 1. The molecule has 1 saturated heterocycles. The molecule has 122 valence electrons. The van der Waals surface area contributed by atoms with Crippen LogP contribution in [0.4, 0.5) is 0 Å². The van der Waals surface area contributed by atoms with E-state index in [0.717, 1.165) is 25.0 Å². The van der Waals surface area contributed by atoms with Crippen LogP contribution in [0.25, 0.3) is 0 Å². The molecule has 3 unspecified atom stereocenters. The molecular weight excluding hydrogens is 377 g/mol. The Labute approximate surface area is 145 Å². The zero-order chi connectivity index (χ0) is 14.2. The molecule has 0 radical (unpaired) electrons. The van der Waals surface area contributed by atoms with Crippen molar-refractivity contribution in [2.75, 3.05) is 20.2 Å². The molecule has 1 aliphatic heterocycles. The fourth-order valence-corrected chi connectivity index (χ4v) is 4.28. The van der Waals surface area contributed by atoms with Crippen LogP contribution in [0.15, 0.2) is 4.99 Å². The summed E-state index contributed by atoms with van der Waals surface area (Å²) >= 11 is 0. The van der Waals surface area contributed by atoms with Gasteiger partial charge in [0.15, 0.2) is 5.96 Å². The van der Waals surface area contributed by atoms with Crippen molar-refractivity contribution in [3.63, 3.8) is 0 Å². The highest BCUT2D eigenvalue weighted by atomic mass is 127. The van der Waals surface area contributed by atoms with E-state index in [2.05, 4.69) is 29.5 Å². The van der Waals surface area contributed by atoms with E-state index in [-0.39, 0.29) is 24.0 Å². The van der Waals surface area contributed by atoms with Gasteiger partial charge < -0.3 is 15.4 Å².